The highest BCUT2D eigenvalue weighted by molar-refractivity contribution is 7.99. The number of fused-ring (bicyclic) bond motifs is 5. The van der Waals surface area contributed by atoms with Crippen molar-refractivity contribution >= 4 is 11.8 Å². The van der Waals surface area contributed by atoms with Crippen molar-refractivity contribution in [3.8, 4) is 0 Å². The van der Waals surface area contributed by atoms with Gasteiger partial charge in [0.05, 0.1) is 11.7 Å². The number of hydrogen-bond acceptors (Lipinski definition) is 4. The van der Waals surface area contributed by atoms with E-state index < -0.39 is 5.60 Å². The second-order valence-corrected chi connectivity index (χ2v) is 11.7. The predicted molar refractivity (Wildman–Crippen MR) is 117 cm³/mol. The maximum atomic E-state index is 11.9. The fraction of sp³-hybridized carbons (Fsp3) is 0.792. The van der Waals surface area contributed by atoms with E-state index in [0.717, 1.165) is 61.8 Å². The molecule has 0 saturated heterocycles. The number of nitrogens with zero attached hydrogens (tertiary/aromatic N) is 2. The van der Waals surface area contributed by atoms with Gasteiger partial charge in [0.2, 0.25) is 0 Å². The molecule has 1 aromatic heterocycles. The van der Waals surface area contributed by atoms with E-state index in [2.05, 4.69) is 24.9 Å². The fourth-order valence-electron chi connectivity index (χ4n) is 7.66. The van der Waals surface area contributed by atoms with Crippen molar-refractivity contribution in [3.05, 3.63) is 24.0 Å². The molecule has 0 amide bonds. The molecule has 0 aromatic carbocycles. The van der Waals surface area contributed by atoms with Gasteiger partial charge in [0.25, 0.3) is 0 Å². The molecule has 4 aliphatic rings. The molecule has 0 radical (unpaired) electrons. The van der Waals surface area contributed by atoms with Crippen molar-refractivity contribution in [2.45, 2.75) is 82.1 Å². The van der Waals surface area contributed by atoms with Gasteiger partial charge in [0.1, 0.15) is 0 Å². The second kappa shape index (κ2) is 6.86. The molecule has 4 nitrogen and oxygen atoms in total. The summed E-state index contributed by atoms with van der Waals surface area (Å²) in [5.41, 5.74) is 1.20. The normalized spacial score (nSPS) is 46.6. The van der Waals surface area contributed by atoms with Gasteiger partial charge in [-0.3, -0.25) is 0 Å². The van der Waals surface area contributed by atoms with Crippen LogP contribution in [0.25, 0.3) is 0 Å². The second-order valence-electron chi connectivity index (χ2n) is 10.8. The molecule has 0 aliphatic heterocycles. The highest BCUT2D eigenvalue weighted by Crippen LogP contribution is 2.67. The molecule has 160 valence electrons. The summed E-state index contributed by atoms with van der Waals surface area (Å²) in [6, 6.07) is 0. The molecule has 3 fully saturated rings. The summed E-state index contributed by atoms with van der Waals surface area (Å²) in [4.78, 5) is 4.45. The summed E-state index contributed by atoms with van der Waals surface area (Å²) in [6.45, 7) is 4.86. The van der Waals surface area contributed by atoms with E-state index in [-0.39, 0.29) is 16.9 Å². The summed E-state index contributed by atoms with van der Waals surface area (Å²) in [5, 5.41) is 23.0. The zero-order valence-electron chi connectivity index (χ0n) is 18.1. The van der Waals surface area contributed by atoms with Gasteiger partial charge in [-0.25, -0.2) is 4.98 Å². The lowest BCUT2D eigenvalue weighted by molar-refractivity contribution is -0.113. The Kier molecular flexibility index (Phi) is 4.77. The molecule has 7 atom stereocenters. The number of imidazole rings is 1. The van der Waals surface area contributed by atoms with Gasteiger partial charge in [0.15, 0.2) is 5.16 Å². The summed E-state index contributed by atoms with van der Waals surface area (Å²) >= 11 is 1.71. The van der Waals surface area contributed by atoms with Crippen LogP contribution in [0.1, 0.15) is 65.2 Å². The number of thioether (sulfide) groups is 1. The number of rotatable bonds is 3. The third kappa shape index (κ3) is 2.90. The van der Waals surface area contributed by atoms with Gasteiger partial charge in [-0.15, -0.1) is 0 Å². The molecule has 29 heavy (non-hydrogen) atoms. The molecule has 1 heterocycles. The molecule has 5 rings (SSSR count). The monoisotopic (exact) mass is 416 g/mol. The average molecular weight is 417 g/mol. The number of aliphatic hydroxyl groups is 2. The van der Waals surface area contributed by atoms with Crippen molar-refractivity contribution in [1.82, 2.24) is 9.55 Å². The van der Waals surface area contributed by atoms with E-state index in [1.54, 1.807) is 11.8 Å². The third-order valence-electron chi connectivity index (χ3n) is 9.62. The zero-order valence-corrected chi connectivity index (χ0v) is 18.9. The topological polar surface area (TPSA) is 58.3 Å². The molecular weight excluding hydrogens is 380 g/mol. The first kappa shape index (κ1) is 20.1. The first-order chi connectivity index (χ1) is 13.8. The van der Waals surface area contributed by atoms with Crippen LogP contribution in [0.2, 0.25) is 0 Å². The van der Waals surface area contributed by atoms with Crippen molar-refractivity contribution in [2.24, 2.45) is 35.6 Å². The predicted octanol–water partition coefficient (Wildman–Crippen LogP) is 4.57. The number of aromatic nitrogens is 2. The molecule has 2 N–H and O–H groups in total. The van der Waals surface area contributed by atoms with E-state index in [9.17, 15) is 10.2 Å². The van der Waals surface area contributed by atoms with Gasteiger partial charge in [-0.1, -0.05) is 37.3 Å². The lowest BCUT2D eigenvalue weighted by atomic mass is 9.47. The zero-order chi connectivity index (χ0) is 20.4. The van der Waals surface area contributed by atoms with Crippen LogP contribution < -0.4 is 0 Å². The lowest BCUT2D eigenvalue weighted by Gasteiger charge is -2.59. The quantitative estimate of drug-likeness (QED) is 0.560. The van der Waals surface area contributed by atoms with E-state index in [0.29, 0.717) is 11.8 Å². The van der Waals surface area contributed by atoms with Gasteiger partial charge in [0, 0.05) is 30.6 Å². The van der Waals surface area contributed by atoms with Crippen molar-refractivity contribution in [3.63, 3.8) is 0 Å². The van der Waals surface area contributed by atoms with Crippen LogP contribution in [0.3, 0.4) is 0 Å². The van der Waals surface area contributed by atoms with Crippen molar-refractivity contribution in [1.29, 1.82) is 0 Å². The number of aryl methyl sites for hydroxylation is 1. The molecule has 4 aliphatic carbocycles. The van der Waals surface area contributed by atoms with Crippen LogP contribution in [0.5, 0.6) is 0 Å². The van der Waals surface area contributed by atoms with Gasteiger partial charge < -0.3 is 14.8 Å². The highest BCUT2D eigenvalue weighted by atomic mass is 32.2. The molecule has 1 aromatic rings. The van der Waals surface area contributed by atoms with Crippen molar-refractivity contribution in [2.75, 3.05) is 5.75 Å². The van der Waals surface area contributed by atoms with Gasteiger partial charge in [-0.2, -0.15) is 0 Å². The summed E-state index contributed by atoms with van der Waals surface area (Å²) < 4.78 is 2.05. The van der Waals surface area contributed by atoms with E-state index in [1.165, 1.54) is 12.0 Å². The van der Waals surface area contributed by atoms with Crippen LogP contribution in [0, 0.1) is 28.6 Å². The van der Waals surface area contributed by atoms with E-state index in [1.807, 2.05) is 24.0 Å². The average Bonchev–Trinajstić information content (AvgIpc) is 3.22. The Hall–Kier alpha value is -0.780. The Morgan fingerprint density at radius 2 is 1.97 bits per heavy atom. The maximum Gasteiger partial charge on any atom is 0.167 e. The Morgan fingerprint density at radius 1 is 1.17 bits per heavy atom. The number of allylic oxidation sites excluding steroid dienone is 1. The van der Waals surface area contributed by atoms with Crippen LogP contribution in [0.15, 0.2) is 29.2 Å². The Bertz CT molecular complexity index is 822. The lowest BCUT2D eigenvalue weighted by Crippen LogP contribution is -2.55. The largest absolute Gasteiger partial charge is 0.393 e. The molecule has 0 unspecified atom stereocenters. The van der Waals surface area contributed by atoms with Crippen LogP contribution in [-0.2, 0) is 7.05 Å². The van der Waals surface area contributed by atoms with E-state index >= 15 is 0 Å². The minimum absolute atomic E-state index is 0.00220. The SMILES string of the molecule is Cn1ccnc1SC[C@]1(O)CC[C@@H]2[C@@H]3CC=C4C[C@H](O)CC[C@]4(C)[C@H]3CC[C@]21C. The summed E-state index contributed by atoms with van der Waals surface area (Å²) in [6.07, 6.45) is 14.7. The molecule has 0 bridgehead atoms. The van der Waals surface area contributed by atoms with Gasteiger partial charge in [-0.05, 0) is 74.5 Å². The molecule has 3 saturated carbocycles. The van der Waals surface area contributed by atoms with Crippen LogP contribution >= 0.6 is 11.8 Å². The van der Waals surface area contributed by atoms with Gasteiger partial charge >= 0.3 is 0 Å². The Morgan fingerprint density at radius 3 is 2.72 bits per heavy atom. The Labute approximate surface area is 179 Å². The summed E-state index contributed by atoms with van der Waals surface area (Å²) in [5.74, 6) is 2.75. The number of hydrogen-bond donors (Lipinski definition) is 2. The Balaban J connectivity index is 1.39. The molecule has 5 heteroatoms. The van der Waals surface area contributed by atoms with Crippen LogP contribution in [-0.4, -0.2) is 37.2 Å². The highest BCUT2D eigenvalue weighted by Gasteiger charge is 2.63. The number of aliphatic hydroxyl groups excluding tert-OH is 1. The van der Waals surface area contributed by atoms with E-state index in [4.69, 9.17) is 0 Å². The van der Waals surface area contributed by atoms with Crippen molar-refractivity contribution < 1.29 is 10.2 Å². The minimum atomic E-state index is -0.604. The smallest absolute Gasteiger partial charge is 0.167 e. The molecular formula is C24H36N2O2S. The standard InChI is InChI=1S/C24H36N2O2S/c1-22-9-6-17(27)14-16(22)4-5-18-19(22)7-10-23(2)20(18)8-11-24(23,28)15-29-21-25-12-13-26(21)3/h4,12-13,17-20,27-28H,5-11,14-15H2,1-3H3/t17-,18-,19+,20-,22+,23-,24-/m1/s1. The fourth-order valence-corrected chi connectivity index (χ4v) is 8.91. The minimum Gasteiger partial charge on any atom is -0.393 e. The first-order valence-electron chi connectivity index (χ1n) is 11.5. The third-order valence-corrected chi connectivity index (χ3v) is 10.9. The molecule has 0 spiro atoms. The first-order valence-corrected chi connectivity index (χ1v) is 12.5. The maximum absolute atomic E-state index is 11.9. The van der Waals surface area contributed by atoms with Crippen LogP contribution in [0.4, 0.5) is 0 Å². The summed E-state index contributed by atoms with van der Waals surface area (Å²) in [7, 11) is 2.03.